The predicted octanol–water partition coefficient (Wildman–Crippen LogP) is 3.07. The molecule has 0 bridgehead atoms. The van der Waals surface area contributed by atoms with E-state index in [1.54, 1.807) is 24.4 Å². The van der Waals surface area contributed by atoms with Crippen molar-refractivity contribution in [2.75, 3.05) is 5.32 Å². The van der Waals surface area contributed by atoms with Gasteiger partial charge in [0.2, 0.25) is 0 Å². The average Bonchev–Trinajstić information content (AvgIpc) is 2.40. The molecule has 0 aromatic heterocycles. The van der Waals surface area contributed by atoms with Crippen molar-refractivity contribution in [3.8, 4) is 0 Å². The van der Waals surface area contributed by atoms with E-state index in [2.05, 4.69) is 5.32 Å². The van der Waals surface area contributed by atoms with Gasteiger partial charge in [-0.05, 0) is 31.4 Å². The normalized spacial score (nSPS) is 21.4. The van der Waals surface area contributed by atoms with Crippen LogP contribution in [0.25, 0.3) is 0 Å². The maximum absolute atomic E-state index is 11.9. The lowest BCUT2D eigenvalue weighted by molar-refractivity contribution is -0.119. The Bertz CT molecular complexity index is 534. The Labute approximate surface area is 112 Å². The van der Waals surface area contributed by atoms with E-state index in [0.29, 0.717) is 5.69 Å². The number of carboxylic acid groups (broad SMARTS) is 1. The summed E-state index contributed by atoms with van der Waals surface area (Å²) < 4.78 is 0. The summed E-state index contributed by atoms with van der Waals surface area (Å²) in [6.07, 6.45) is 4.34. The zero-order chi connectivity index (χ0) is 13.8. The van der Waals surface area contributed by atoms with Crippen LogP contribution in [0.4, 0.5) is 5.69 Å². The van der Waals surface area contributed by atoms with Gasteiger partial charge >= 0.3 is 5.97 Å². The van der Waals surface area contributed by atoms with Gasteiger partial charge in [-0.2, -0.15) is 0 Å². The molecule has 1 aliphatic carbocycles. The Balaban J connectivity index is 2.18. The number of rotatable bonds is 3. The van der Waals surface area contributed by atoms with Gasteiger partial charge in [-0.1, -0.05) is 19.1 Å². The van der Waals surface area contributed by atoms with E-state index in [-0.39, 0.29) is 17.3 Å². The third-order valence-electron chi connectivity index (χ3n) is 3.41. The molecule has 0 aliphatic heterocycles. The van der Waals surface area contributed by atoms with E-state index >= 15 is 0 Å². The summed E-state index contributed by atoms with van der Waals surface area (Å²) in [4.78, 5) is 23.0. The number of hydrogen-bond donors (Lipinski definition) is 2. The molecule has 1 aromatic rings. The van der Waals surface area contributed by atoms with Gasteiger partial charge in [0.25, 0.3) is 0 Å². The second kappa shape index (κ2) is 5.69. The quantitative estimate of drug-likeness (QED) is 0.819. The number of anilines is 1. The van der Waals surface area contributed by atoms with Gasteiger partial charge in [-0.15, -0.1) is 0 Å². The van der Waals surface area contributed by atoms with Crippen molar-refractivity contribution in [2.24, 2.45) is 5.92 Å². The van der Waals surface area contributed by atoms with E-state index in [0.717, 1.165) is 24.8 Å². The van der Waals surface area contributed by atoms with Crippen molar-refractivity contribution in [3.05, 3.63) is 41.6 Å². The minimum absolute atomic E-state index is 0.0662. The van der Waals surface area contributed by atoms with Crippen LogP contribution in [-0.2, 0) is 4.79 Å². The standard InChI is InChI=1S/C15H17NO3/c1-10-5-4-6-11(14(10)17)9-16-13-8-3-2-7-12(13)15(18)19/h2-3,7-10,16H,4-6H2,1H3,(H,18,19)/b11-9-/t10-/m1/s1. The highest BCUT2D eigenvalue weighted by Gasteiger charge is 2.22. The van der Waals surface area contributed by atoms with E-state index in [1.807, 2.05) is 6.92 Å². The highest BCUT2D eigenvalue weighted by atomic mass is 16.4. The molecule has 0 amide bonds. The third-order valence-corrected chi connectivity index (χ3v) is 3.41. The Hall–Kier alpha value is -2.10. The molecule has 1 aromatic carbocycles. The summed E-state index contributed by atoms with van der Waals surface area (Å²) >= 11 is 0. The van der Waals surface area contributed by atoms with Gasteiger partial charge in [0.1, 0.15) is 0 Å². The third kappa shape index (κ3) is 3.02. The Morgan fingerprint density at radius 1 is 1.42 bits per heavy atom. The van der Waals surface area contributed by atoms with Crippen molar-refractivity contribution in [1.82, 2.24) is 0 Å². The second-order valence-corrected chi connectivity index (χ2v) is 4.82. The van der Waals surface area contributed by atoms with E-state index in [9.17, 15) is 9.59 Å². The number of carbonyl (C=O) groups excluding carboxylic acids is 1. The van der Waals surface area contributed by atoms with E-state index in [1.165, 1.54) is 6.07 Å². The smallest absolute Gasteiger partial charge is 0.337 e. The fourth-order valence-electron chi connectivity index (χ4n) is 2.27. The molecule has 0 unspecified atom stereocenters. The molecule has 2 N–H and O–H groups in total. The van der Waals surface area contributed by atoms with E-state index < -0.39 is 5.97 Å². The molecular weight excluding hydrogens is 242 g/mol. The van der Waals surface area contributed by atoms with Crippen LogP contribution < -0.4 is 5.32 Å². The fraction of sp³-hybridized carbons (Fsp3) is 0.333. The lowest BCUT2D eigenvalue weighted by atomic mass is 9.86. The summed E-state index contributed by atoms with van der Waals surface area (Å²) in [6.45, 7) is 1.93. The van der Waals surface area contributed by atoms with Crippen molar-refractivity contribution in [2.45, 2.75) is 26.2 Å². The Morgan fingerprint density at radius 3 is 2.89 bits per heavy atom. The number of carboxylic acids is 1. The number of ketones is 1. The molecule has 1 fully saturated rings. The highest BCUT2D eigenvalue weighted by Crippen LogP contribution is 2.25. The predicted molar refractivity (Wildman–Crippen MR) is 73.1 cm³/mol. The molecule has 0 spiro atoms. The van der Waals surface area contributed by atoms with Crippen LogP contribution in [0.5, 0.6) is 0 Å². The zero-order valence-corrected chi connectivity index (χ0v) is 10.8. The molecule has 0 saturated heterocycles. The summed E-state index contributed by atoms with van der Waals surface area (Å²) in [5.41, 5.74) is 1.46. The number of nitrogens with one attached hydrogen (secondary N) is 1. The monoisotopic (exact) mass is 259 g/mol. The van der Waals surface area contributed by atoms with Crippen molar-refractivity contribution in [1.29, 1.82) is 0 Å². The fourth-order valence-corrected chi connectivity index (χ4v) is 2.27. The molecule has 19 heavy (non-hydrogen) atoms. The second-order valence-electron chi connectivity index (χ2n) is 4.82. The number of aromatic carboxylic acids is 1. The summed E-state index contributed by atoms with van der Waals surface area (Å²) in [5.74, 6) is -0.757. The van der Waals surface area contributed by atoms with E-state index in [4.69, 9.17) is 5.11 Å². The van der Waals surface area contributed by atoms with Crippen LogP contribution in [0.3, 0.4) is 0 Å². The van der Waals surface area contributed by atoms with Crippen molar-refractivity contribution < 1.29 is 14.7 Å². The number of Topliss-reactive ketones (excluding diaryl/α,β-unsaturated/α-hetero) is 1. The van der Waals surface area contributed by atoms with Crippen LogP contribution in [-0.4, -0.2) is 16.9 Å². The van der Waals surface area contributed by atoms with Crippen LogP contribution >= 0.6 is 0 Å². The highest BCUT2D eigenvalue weighted by molar-refractivity contribution is 5.98. The number of para-hydroxylation sites is 1. The lowest BCUT2D eigenvalue weighted by Crippen LogP contribution is -2.19. The molecule has 4 nitrogen and oxygen atoms in total. The largest absolute Gasteiger partial charge is 0.478 e. The SMILES string of the molecule is C[C@@H]1CCC/C(=C/Nc2ccccc2C(=O)O)C1=O. The Morgan fingerprint density at radius 2 is 2.16 bits per heavy atom. The first-order chi connectivity index (χ1) is 9.09. The topological polar surface area (TPSA) is 66.4 Å². The first-order valence-electron chi connectivity index (χ1n) is 6.41. The van der Waals surface area contributed by atoms with Gasteiger partial charge in [0.05, 0.1) is 11.3 Å². The van der Waals surface area contributed by atoms with Crippen molar-refractivity contribution in [3.63, 3.8) is 0 Å². The minimum atomic E-state index is -0.982. The average molecular weight is 259 g/mol. The Kier molecular flexibility index (Phi) is 4.00. The minimum Gasteiger partial charge on any atom is -0.478 e. The summed E-state index contributed by atoms with van der Waals surface area (Å²) in [6, 6.07) is 6.67. The molecule has 2 rings (SSSR count). The molecule has 1 saturated carbocycles. The number of benzene rings is 1. The number of allylic oxidation sites excluding steroid dienone is 1. The van der Waals surface area contributed by atoms with Crippen LogP contribution in [0.15, 0.2) is 36.0 Å². The summed E-state index contributed by atoms with van der Waals surface area (Å²) in [7, 11) is 0. The van der Waals surface area contributed by atoms with Crippen LogP contribution in [0.1, 0.15) is 36.5 Å². The molecule has 0 heterocycles. The van der Waals surface area contributed by atoms with Gasteiger partial charge in [-0.25, -0.2) is 4.79 Å². The number of carbonyl (C=O) groups is 2. The first-order valence-corrected chi connectivity index (χ1v) is 6.41. The molecular formula is C15H17NO3. The van der Waals surface area contributed by atoms with Gasteiger partial charge in [0, 0.05) is 17.7 Å². The van der Waals surface area contributed by atoms with Gasteiger partial charge in [0.15, 0.2) is 5.78 Å². The lowest BCUT2D eigenvalue weighted by Gasteiger charge is -2.19. The van der Waals surface area contributed by atoms with Crippen LogP contribution in [0, 0.1) is 5.92 Å². The summed E-state index contributed by atoms with van der Waals surface area (Å²) in [5, 5.41) is 12.0. The molecule has 1 aliphatic rings. The molecule has 0 radical (unpaired) electrons. The maximum atomic E-state index is 11.9. The van der Waals surface area contributed by atoms with Gasteiger partial charge in [-0.3, -0.25) is 4.79 Å². The molecule has 4 heteroatoms. The van der Waals surface area contributed by atoms with Crippen molar-refractivity contribution >= 4 is 17.4 Å². The number of hydrogen-bond acceptors (Lipinski definition) is 3. The first kappa shape index (κ1) is 13.3. The zero-order valence-electron chi connectivity index (χ0n) is 10.8. The molecule has 1 atom stereocenters. The maximum Gasteiger partial charge on any atom is 0.337 e. The van der Waals surface area contributed by atoms with Crippen LogP contribution in [0.2, 0.25) is 0 Å². The molecule has 100 valence electrons. The van der Waals surface area contributed by atoms with Gasteiger partial charge < -0.3 is 10.4 Å².